The van der Waals surface area contributed by atoms with Crippen LogP contribution in [0.5, 0.6) is 5.75 Å². The molecule has 0 aliphatic rings. The van der Waals surface area contributed by atoms with Crippen LogP contribution in [-0.4, -0.2) is 30.9 Å². The zero-order valence-electron chi connectivity index (χ0n) is 14.1. The van der Waals surface area contributed by atoms with Crippen molar-refractivity contribution in [2.24, 2.45) is 0 Å². The van der Waals surface area contributed by atoms with Gasteiger partial charge in [0.05, 0.1) is 0 Å². The summed E-state index contributed by atoms with van der Waals surface area (Å²) in [4.78, 5) is 34.6. The summed E-state index contributed by atoms with van der Waals surface area (Å²) in [6.07, 6.45) is 0. The maximum Gasteiger partial charge on any atom is 0.344 e. The van der Waals surface area contributed by atoms with E-state index in [0.29, 0.717) is 17.0 Å². The number of ketones is 1. The molecule has 2 rings (SSSR count). The number of esters is 1. The van der Waals surface area contributed by atoms with Crippen molar-refractivity contribution in [1.82, 2.24) is 0 Å². The zero-order chi connectivity index (χ0) is 18.2. The second-order valence-corrected chi connectivity index (χ2v) is 5.39. The van der Waals surface area contributed by atoms with E-state index in [1.165, 1.54) is 6.92 Å². The second kappa shape index (κ2) is 8.63. The third-order valence-electron chi connectivity index (χ3n) is 3.40. The molecule has 130 valence electrons. The normalized spacial score (nSPS) is 10.0. The van der Waals surface area contributed by atoms with Crippen LogP contribution in [0.3, 0.4) is 0 Å². The van der Waals surface area contributed by atoms with Crippen molar-refractivity contribution in [2.75, 3.05) is 18.5 Å². The molecule has 0 saturated heterocycles. The smallest absolute Gasteiger partial charge is 0.344 e. The number of anilines is 1. The molecule has 1 amide bonds. The van der Waals surface area contributed by atoms with Crippen molar-refractivity contribution in [2.45, 2.75) is 13.8 Å². The van der Waals surface area contributed by atoms with Gasteiger partial charge in [0.15, 0.2) is 19.0 Å². The molecule has 2 aromatic carbocycles. The topological polar surface area (TPSA) is 81.7 Å². The first-order chi connectivity index (χ1) is 12.0. The summed E-state index contributed by atoms with van der Waals surface area (Å²) >= 11 is 0. The molecule has 2 aromatic rings. The fourth-order valence-electron chi connectivity index (χ4n) is 2.02. The molecule has 6 heteroatoms. The third-order valence-corrected chi connectivity index (χ3v) is 3.40. The first-order valence-electron chi connectivity index (χ1n) is 7.70. The number of benzene rings is 2. The number of amides is 1. The summed E-state index contributed by atoms with van der Waals surface area (Å²) in [7, 11) is 0. The van der Waals surface area contributed by atoms with E-state index >= 15 is 0 Å². The Labute approximate surface area is 145 Å². The molecule has 0 unspecified atom stereocenters. The average Bonchev–Trinajstić information content (AvgIpc) is 2.60. The summed E-state index contributed by atoms with van der Waals surface area (Å²) in [6.45, 7) is 2.62. The lowest BCUT2D eigenvalue weighted by Crippen LogP contribution is -2.23. The van der Waals surface area contributed by atoms with Crippen LogP contribution in [0.1, 0.15) is 22.8 Å². The molecule has 0 aliphatic heterocycles. The summed E-state index contributed by atoms with van der Waals surface area (Å²) in [5.41, 5.74) is 2.15. The monoisotopic (exact) mass is 341 g/mol. The first kappa shape index (κ1) is 18.2. The SMILES string of the molecule is CC(=O)c1ccc(OCC(=O)OCC(=O)Nc2ccccc2C)cc1. The van der Waals surface area contributed by atoms with Gasteiger partial charge in [-0.1, -0.05) is 18.2 Å². The van der Waals surface area contributed by atoms with E-state index < -0.39 is 11.9 Å². The van der Waals surface area contributed by atoms with Crippen molar-refractivity contribution in [3.05, 3.63) is 59.7 Å². The van der Waals surface area contributed by atoms with E-state index in [1.54, 1.807) is 36.4 Å². The van der Waals surface area contributed by atoms with Crippen molar-refractivity contribution in [1.29, 1.82) is 0 Å². The summed E-state index contributed by atoms with van der Waals surface area (Å²) in [5, 5.41) is 2.67. The third kappa shape index (κ3) is 5.76. The molecule has 0 fully saturated rings. The number of Topliss-reactive ketones (excluding diaryl/α,β-unsaturated/α-hetero) is 1. The minimum absolute atomic E-state index is 0.0503. The number of para-hydroxylation sites is 1. The van der Waals surface area contributed by atoms with Crippen LogP contribution in [-0.2, 0) is 14.3 Å². The Kier molecular flexibility index (Phi) is 6.28. The fourth-order valence-corrected chi connectivity index (χ4v) is 2.02. The van der Waals surface area contributed by atoms with E-state index in [4.69, 9.17) is 9.47 Å². The molecule has 0 atom stereocenters. The predicted molar refractivity (Wildman–Crippen MR) is 92.7 cm³/mol. The van der Waals surface area contributed by atoms with Gasteiger partial charge in [0.25, 0.3) is 5.91 Å². The molecule has 6 nitrogen and oxygen atoms in total. The van der Waals surface area contributed by atoms with Gasteiger partial charge < -0.3 is 14.8 Å². The van der Waals surface area contributed by atoms with Gasteiger partial charge in [-0.2, -0.15) is 0 Å². The number of ether oxygens (including phenoxy) is 2. The molecule has 0 aliphatic carbocycles. The van der Waals surface area contributed by atoms with Gasteiger partial charge in [-0.15, -0.1) is 0 Å². The Bertz CT molecular complexity index is 768. The molecule has 0 heterocycles. The van der Waals surface area contributed by atoms with Gasteiger partial charge in [0, 0.05) is 11.3 Å². The summed E-state index contributed by atoms with van der Waals surface area (Å²) in [5.74, 6) is -0.694. The molecular formula is C19H19NO5. The number of carbonyl (C=O) groups is 3. The minimum atomic E-state index is -0.657. The van der Waals surface area contributed by atoms with E-state index in [1.807, 2.05) is 19.1 Å². The summed E-state index contributed by atoms with van der Waals surface area (Å²) in [6, 6.07) is 13.7. The highest BCUT2D eigenvalue weighted by atomic mass is 16.6. The van der Waals surface area contributed by atoms with Gasteiger partial charge in [0.2, 0.25) is 0 Å². The highest BCUT2D eigenvalue weighted by molar-refractivity contribution is 5.94. The van der Waals surface area contributed by atoms with Gasteiger partial charge >= 0.3 is 5.97 Å². The number of rotatable bonds is 7. The maximum absolute atomic E-state index is 11.8. The molecule has 0 radical (unpaired) electrons. The van der Waals surface area contributed by atoms with E-state index in [0.717, 1.165) is 5.56 Å². The Morgan fingerprint density at radius 2 is 1.64 bits per heavy atom. The van der Waals surface area contributed by atoms with Gasteiger partial charge in [0.1, 0.15) is 5.75 Å². The number of nitrogens with one attached hydrogen (secondary N) is 1. The Morgan fingerprint density at radius 3 is 2.28 bits per heavy atom. The molecule has 1 N–H and O–H groups in total. The van der Waals surface area contributed by atoms with Crippen molar-refractivity contribution < 1.29 is 23.9 Å². The van der Waals surface area contributed by atoms with Crippen LogP contribution >= 0.6 is 0 Å². The standard InChI is InChI=1S/C19H19NO5/c1-13-5-3-4-6-17(13)20-18(22)11-25-19(23)12-24-16-9-7-15(8-10-16)14(2)21/h3-10H,11-12H2,1-2H3,(H,20,22). The summed E-state index contributed by atoms with van der Waals surface area (Å²) < 4.78 is 10.1. The highest BCUT2D eigenvalue weighted by Gasteiger charge is 2.10. The van der Waals surface area contributed by atoms with Crippen LogP contribution in [0.15, 0.2) is 48.5 Å². The molecule has 0 bridgehead atoms. The maximum atomic E-state index is 11.8. The van der Waals surface area contributed by atoms with Crippen molar-refractivity contribution in [3.63, 3.8) is 0 Å². The Balaban J connectivity index is 1.74. The van der Waals surface area contributed by atoms with Crippen LogP contribution in [0.25, 0.3) is 0 Å². The van der Waals surface area contributed by atoms with Crippen LogP contribution in [0.4, 0.5) is 5.69 Å². The van der Waals surface area contributed by atoms with Gasteiger partial charge in [-0.05, 0) is 49.7 Å². The van der Waals surface area contributed by atoms with Crippen LogP contribution in [0.2, 0.25) is 0 Å². The Morgan fingerprint density at radius 1 is 0.960 bits per heavy atom. The van der Waals surface area contributed by atoms with Crippen LogP contribution in [0, 0.1) is 6.92 Å². The second-order valence-electron chi connectivity index (χ2n) is 5.39. The van der Waals surface area contributed by atoms with E-state index in [2.05, 4.69) is 5.32 Å². The predicted octanol–water partition coefficient (Wildman–Crippen LogP) is 2.76. The number of hydrogen-bond donors (Lipinski definition) is 1. The van der Waals surface area contributed by atoms with Gasteiger partial charge in [-0.3, -0.25) is 9.59 Å². The number of aryl methyl sites for hydroxylation is 1. The minimum Gasteiger partial charge on any atom is -0.482 e. The van der Waals surface area contributed by atoms with Crippen molar-refractivity contribution >= 4 is 23.3 Å². The van der Waals surface area contributed by atoms with Crippen LogP contribution < -0.4 is 10.1 Å². The van der Waals surface area contributed by atoms with Gasteiger partial charge in [-0.25, -0.2) is 4.79 Å². The van der Waals surface area contributed by atoms with E-state index in [-0.39, 0.29) is 19.0 Å². The first-order valence-corrected chi connectivity index (χ1v) is 7.70. The molecule has 25 heavy (non-hydrogen) atoms. The lowest BCUT2D eigenvalue weighted by Gasteiger charge is -2.09. The highest BCUT2D eigenvalue weighted by Crippen LogP contribution is 2.13. The van der Waals surface area contributed by atoms with E-state index in [9.17, 15) is 14.4 Å². The molecule has 0 spiro atoms. The number of carbonyl (C=O) groups excluding carboxylic acids is 3. The average molecular weight is 341 g/mol. The quantitative estimate of drug-likeness (QED) is 0.618. The Hall–Kier alpha value is -3.15. The zero-order valence-corrected chi connectivity index (χ0v) is 14.1. The lowest BCUT2D eigenvalue weighted by molar-refractivity contribution is -0.149. The van der Waals surface area contributed by atoms with Crippen molar-refractivity contribution in [3.8, 4) is 5.75 Å². The molecule has 0 saturated carbocycles. The fraction of sp³-hybridized carbons (Fsp3) is 0.211. The molecule has 0 aromatic heterocycles. The number of hydrogen-bond acceptors (Lipinski definition) is 5. The lowest BCUT2D eigenvalue weighted by atomic mass is 10.1. The molecular weight excluding hydrogens is 322 g/mol. The largest absolute Gasteiger partial charge is 0.482 e.